The predicted octanol–water partition coefficient (Wildman–Crippen LogP) is 6.56. The van der Waals surface area contributed by atoms with E-state index >= 15 is 0 Å². The minimum Gasteiger partial charge on any atom is -0.490 e. The highest BCUT2D eigenvalue weighted by molar-refractivity contribution is 6.36. The molecule has 1 amide bonds. The molecule has 0 aliphatic heterocycles. The summed E-state index contributed by atoms with van der Waals surface area (Å²) in [6.07, 6.45) is 1.13. The highest BCUT2D eigenvalue weighted by Crippen LogP contribution is 2.34. The largest absolute Gasteiger partial charge is 0.490 e. The molecule has 3 aromatic carbocycles. The number of rotatable bonds is 10. The van der Waals surface area contributed by atoms with E-state index < -0.39 is 0 Å². The van der Waals surface area contributed by atoms with Crippen LogP contribution < -0.4 is 14.8 Å². The van der Waals surface area contributed by atoms with Crippen LogP contribution in [0.1, 0.15) is 23.2 Å². The van der Waals surface area contributed by atoms with E-state index in [0.717, 1.165) is 22.2 Å². The third-order valence-corrected chi connectivity index (χ3v) is 6.27. The number of nitrogens with zero attached hydrogens (tertiary/aromatic N) is 1. The Kier molecular flexibility index (Phi) is 8.45. The van der Waals surface area contributed by atoms with E-state index in [1.54, 1.807) is 12.1 Å². The second kappa shape index (κ2) is 11.9. The highest BCUT2D eigenvalue weighted by Gasteiger charge is 2.13. The lowest BCUT2D eigenvalue weighted by atomic mass is 10.1. The molecule has 1 heterocycles. The van der Waals surface area contributed by atoms with Crippen molar-refractivity contribution in [3.8, 4) is 11.5 Å². The predicted molar refractivity (Wildman–Crippen MR) is 141 cm³/mol. The van der Waals surface area contributed by atoms with E-state index in [0.29, 0.717) is 46.5 Å². The molecule has 4 rings (SSSR count). The third-order valence-electron chi connectivity index (χ3n) is 5.50. The van der Waals surface area contributed by atoms with E-state index in [1.165, 1.54) is 0 Å². The lowest BCUT2D eigenvalue weighted by Crippen LogP contribution is -2.28. The summed E-state index contributed by atoms with van der Waals surface area (Å²) >= 11 is 12.9. The zero-order valence-electron chi connectivity index (χ0n) is 19.4. The summed E-state index contributed by atoms with van der Waals surface area (Å²) in [6.45, 7) is 2.82. The van der Waals surface area contributed by atoms with Crippen LogP contribution >= 0.6 is 23.2 Å². The van der Waals surface area contributed by atoms with Crippen molar-refractivity contribution >= 4 is 40.0 Å². The van der Waals surface area contributed by atoms with Gasteiger partial charge in [0, 0.05) is 28.1 Å². The summed E-state index contributed by atoms with van der Waals surface area (Å²) in [4.78, 5) is 16.6. The number of halogens is 2. The standard InChI is InChI=1S/C28H26Cl2N2O3/c1-19-7-9-21-17-22(10-12-25(21)32-19)35-18-23-24(29)11-13-26(28(23)30)34-16-15-31-27(33)14-8-20-5-3-2-4-6-20/h2-7,9-13,17H,8,14-16,18H2,1H3,(H,31,33). The highest BCUT2D eigenvalue weighted by atomic mass is 35.5. The topological polar surface area (TPSA) is 60.5 Å². The van der Waals surface area contributed by atoms with Gasteiger partial charge in [-0.05, 0) is 55.3 Å². The number of carbonyl (C=O) groups is 1. The monoisotopic (exact) mass is 508 g/mol. The Hall–Kier alpha value is -3.28. The number of hydrogen-bond donors (Lipinski definition) is 1. The van der Waals surface area contributed by atoms with Crippen LogP contribution in [-0.4, -0.2) is 24.0 Å². The van der Waals surface area contributed by atoms with Gasteiger partial charge in [-0.2, -0.15) is 0 Å². The molecule has 0 spiro atoms. The van der Waals surface area contributed by atoms with Crippen molar-refractivity contribution in [3.63, 3.8) is 0 Å². The van der Waals surface area contributed by atoms with Gasteiger partial charge in [0.15, 0.2) is 0 Å². The number of aryl methyl sites for hydroxylation is 2. The summed E-state index contributed by atoms with van der Waals surface area (Å²) in [5.74, 6) is 1.17. The summed E-state index contributed by atoms with van der Waals surface area (Å²) in [6, 6.07) is 23.1. The maximum absolute atomic E-state index is 12.1. The number of pyridine rings is 1. The van der Waals surface area contributed by atoms with Gasteiger partial charge < -0.3 is 14.8 Å². The first kappa shape index (κ1) is 24.8. The number of hydrogen-bond acceptors (Lipinski definition) is 4. The summed E-state index contributed by atoms with van der Waals surface area (Å²) < 4.78 is 11.8. The molecule has 0 radical (unpaired) electrons. The van der Waals surface area contributed by atoms with Crippen LogP contribution in [0.15, 0.2) is 72.8 Å². The lowest BCUT2D eigenvalue weighted by molar-refractivity contribution is -0.121. The van der Waals surface area contributed by atoms with Gasteiger partial charge in [0.05, 0.1) is 17.1 Å². The van der Waals surface area contributed by atoms with E-state index in [4.69, 9.17) is 32.7 Å². The zero-order valence-corrected chi connectivity index (χ0v) is 20.9. The smallest absolute Gasteiger partial charge is 0.220 e. The molecule has 0 atom stereocenters. The Bertz CT molecular complexity index is 1310. The van der Waals surface area contributed by atoms with Crippen LogP contribution in [0.25, 0.3) is 10.9 Å². The van der Waals surface area contributed by atoms with E-state index in [9.17, 15) is 4.79 Å². The Morgan fingerprint density at radius 1 is 0.971 bits per heavy atom. The molecule has 0 aliphatic carbocycles. The normalized spacial score (nSPS) is 10.8. The Labute approximate surface area is 215 Å². The molecule has 1 N–H and O–H groups in total. The molecular weight excluding hydrogens is 483 g/mol. The second-order valence-corrected chi connectivity index (χ2v) is 8.90. The average Bonchev–Trinajstić information content (AvgIpc) is 2.87. The molecule has 0 bridgehead atoms. The van der Waals surface area contributed by atoms with Crippen molar-refractivity contribution in [1.82, 2.24) is 10.3 Å². The van der Waals surface area contributed by atoms with Gasteiger partial charge in [-0.3, -0.25) is 9.78 Å². The fourth-order valence-corrected chi connectivity index (χ4v) is 4.15. The van der Waals surface area contributed by atoms with Gasteiger partial charge in [0.2, 0.25) is 5.91 Å². The minimum absolute atomic E-state index is 0.0190. The number of fused-ring (bicyclic) bond motifs is 1. The molecule has 35 heavy (non-hydrogen) atoms. The minimum atomic E-state index is -0.0190. The van der Waals surface area contributed by atoms with Gasteiger partial charge >= 0.3 is 0 Å². The second-order valence-electron chi connectivity index (χ2n) is 8.12. The van der Waals surface area contributed by atoms with Gasteiger partial charge in [-0.25, -0.2) is 0 Å². The SMILES string of the molecule is Cc1ccc2cc(OCc3c(Cl)ccc(OCCNC(=O)CCc4ccccc4)c3Cl)ccc2n1. The van der Waals surface area contributed by atoms with Crippen LogP contribution in [0.5, 0.6) is 11.5 Å². The Morgan fingerprint density at radius 3 is 2.63 bits per heavy atom. The average molecular weight is 509 g/mol. The van der Waals surface area contributed by atoms with Crippen molar-refractivity contribution in [1.29, 1.82) is 0 Å². The van der Waals surface area contributed by atoms with Crippen LogP contribution in [0.3, 0.4) is 0 Å². The van der Waals surface area contributed by atoms with Crippen LogP contribution in [0.2, 0.25) is 10.0 Å². The van der Waals surface area contributed by atoms with Gasteiger partial charge in [0.1, 0.15) is 24.7 Å². The van der Waals surface area contributed by atoms with Crippen molar-refractivity contribution in [2.24, 2.45) is 0 Å². The number of nitrogens with one attached hydrogen (secondary N) is 1. The molecule has 0 unspecified atom stereocenters. The molecule has 0 saturated heterocycles. The van der Waals surface area contributed by atoms with Crippen LogP contribution in [0.4, 0.5) is 0 Å². The van der Waals surface area contributed by atoms with Crippen LogP contribution in [-0.2, 0) is 17.8 Å². The molecule has 5 nitrogen and oxygen atoms in total. The van der Waals surface area contributed by atoms with Crippen molar-refractivity contribution in [2.45, 2.75) is 26.4 Å². The van der Waals surface area contributed by atoms with Crippen molar-refractivity contribution < 1.29 is 14.3 Å². The molecule has 4 aromatic rings. The number of amides is 1. The summed E-state index contributed by atoms with van der Waals surface area (Å²) in [7, 11) is 0. The fraction of sp³-hybridized carbons (Fsp3) is 0.214. The first-order chi connectivity index (χ1) is 17.0. The molecule has 7 heteroatoms. The lowest BCUT2D eigenvalue weighted by Gasteiger charge is -2.14. The summed E-state index contributed by atoms with van der Waals surface area (Å²) in [5, 5.41) is 4.75. The van der Waals surface area contributed by atoms with Crippen molar-refractivity contribution in [2.75, 3.05) is 13.2 Å². The molecule has 180 valence electrons. The Balaban J connectivity index is 1.28. The number of carbonyl (C=O) groups excluding carboxylic acids is 1. The van der Waals surface area contributed by atoms with E-state index in [-0.39, 0.29) is 19.1 Å². The maximum Gasteiger partial charge on any atom is 0.220 e. The van der Waals surface area contributed by atoms with E-state index in [1.807, 2.05) is 67.6 Å². The first-order valence-electron chi connectivity index (χ1n) is 11.4. The van der Waals surface area contributed by atoms with Crippen molar-refractivity contribution in [3.05, 3.63) is 99.7 Å². The molecule has 0 fully saturated rings. The number of benzene rings is 3. The number of aromatic nitrogens is 1. The third kappa shape index (κ3) is 6.87. The van der Waals surface area contributed by atoms with Gasteiger partial charge in [-0.15, -0.1) is 0 Å². The molecule has 0 aliphatic rings. The fourth-order valence-electron chi connectivity index (χ4n) is 3.61. The molecule has 0 saturated carbocycles. The molecule has 1 aromatic heterocycles. The maximum atomic E-state index is 12.1. The number of ether oxygens (including phenoxy) is 2. The Morgan fingerprint density at radius 2 is 1.80 bits per heavy atom. The van der Waals surface area contributed by atoms with Gasteiger partial charge in [-0.1, -0.05) is 59.6 Å². The zero-order chi connectivity index (χ0) is 24.6. The van der Waals surface area contributed by atoms with Crippen LogP contribution in [0, 0.1) is 6.92 Å². The quantitative estimate of drug-likeness (QED) is 0.246. The van der Waals surface area contributed by atoms with E-state index in [2.05, 4.69) is 10.3 Å². The first-order valence-corrected chi connectivity index (χ1v) is 12.2. The summed E-state index contributed by atoms with van der Waals surface area (Å²) in [5.41, 5.74) is 3.65. The van der Waals surface area contributed by atoms with Gasteiger partial charge in [0.25, 0.3) is 0 Å². The molecular formula is C28H26Cl2N2O3.